The molecule has 2 N–H and O–H groups in total. The van der Waals surface area contributed by atoms with E-state index in [0.717, 1.165) is 18.6 Å². The number of thioether (sulfide) groups is 1. The monoisotopic (exact) mass is 367 g/mol. The topological polar surface area (TPSA) is 75.6 Å². The Hall–Kier alpha value is -1.69. The summed E-state index contributed by atoms with van der Waals surface area (Å²) in [7, 11) is 1.28. The van der Waals surface area contributed by atoms with Gasteiger partial charge in [-0.1, -0.05) is 56.5 Å². The zero-order valence-electron chi connectivity index (χ0n) is 15.1. The highest BCUT2D eigenvalue weighted by molar-refractivity contribution is 7.99. The molecule has 0 aromatic heterocycles. The number of hydrogen-bond acceptors (Lipinski definition) is 4. The summed E-state index contributed by atoms with van der Waals surface area (Å²) in [5.74, 6) is 0.477. The van der Waals surface area contributed by atoms with Crippen LogP contribution in [0, 0.1) is 0 Å². The van der Waals surface area contributed by atoms with Crippen molar-refractivity contribution in [3.63, 3.8) is 0 Å². The number of carbonyl (C=O) groups is 2. The van der Waals surface area contributed by atoms with Crippen LogP contribution in [0.3, 0.4) is 0 Å². The molecule has 6 heteroatoms. The number of esters is 1. The van der Waals surface area contributed by atoms with Gasteiger partial charge in [-0.2, -0.15) is 11.8 Å². The maximum Gasteiger partial charge on any atom is 0.405 e. The Labute approximate surface area is 154 Å². The normalized spacial score (nSPS) is 13.0. The smallest absolute Gasteiger partial charge is 0.405 e. The molecule has 0 saturated carbocycles. The Morgan fingerprint density at radius 3 is 2.52 bits per heavy atom. The van der Waals surface area contributed by atoms with Gasteiger partial charge in [0.05, 0.1) is 7.11 Å². The fourth-order valence-electron chi connectivity index (χ4n) is 2.63. The number of rotatable bonds is 12. The minimum Gasteiger partial charge on any atom is -0.467 e. The standard InChI is InChI=1S/C19H29NO4S/c1-3-4-5-9-12-25-16(13-15-10-7-6-8-11-15)14-17(18(21)24-2)20-19(22)23/h6-8,10-11,16-17,20H,3-5,9,12-14H2,1-2H3,(H,22,23). The molecule has 5 nitrogen and oxygen atoms in total. The molecular weight excluding hydrogens is 338 g/mol. The maximum absolute atomic E-state index is 11.9. The van der Waals surface area contributed by atoms with Crippen molar-refractivity contribution in [2.45, 2.75) is 56.7 Å². The van der Waals surface area contributed by atoms with Gasteiger partial charge in [0.1, 0.15) is 6.04 Å². The van der Waals surface area contributed by atoms with Gasteiger partial charge in [-0.3, -0.25) is 0 Å². The molecular formula is C19H29NO4S. The van der Waals surface area contributed by atoms with E-state index in [1.54, 1.807) is 0 Å². The average molecular weight is 368 g/mol. The molecule has 0 fully saturated rings. The van der Waals surface area contributed by atoms with Gasteiger partial charge >= 0.3 is 12.1 Å². The van der Waals surface area contributed by atoms with E-state index in [-0.39, 0.29) is 5.25 Å². The van der Waals surface area contributed by atoms with E-state index < -0.39 is 18.1 Å². The Morgan fingerprint density at radius 1 is 1.20 bits per heavy atom. The first-order valence-corrected chi connectivity index (χ1v) is 9.84. The van der Waals surface area contributed by atoms with E-state index in [1.165, 1.54) is 31.9 Å². The van der Waals surface area contributed by atoms with Gasteiger partial charge in [-0.05, 0) is 30.6 Å². The third-order valence-corrected chi connectivity index (χ3v) is 5.29. The van der Waals surface area contributed by atoms with Gasteiger partial charge in [0.25, 0.3) is 0 Å². The molecule has 0 aliphatic carbocycles. The summed E-state index contributed by atoms with van der Waals surface area (Å²) in [5, 5.41) is 11.4. The molecule has 0 aliphatic heterocycles. The molecule has 2 unspecified atom stereocenters. The lowest BCUT2D eigenvalue weighted by Crippen LogP contribution is -2.42. The molecule has 1 aromatic rings. The molecule has 0 heterocycles. The number of carboxylic acid groups (broad SMARTS) is 1. The fraction of sp³-hybridized carbons (Fsp3) is 0.579. The largest absolute Gasteiger partial charge is 0.467 e. The summed E-state index contributed by atoms with van der Waals surface area (Å²) in [4.78, 5) is 22.9. The average Bonchev–Trinajstić information content (AvgIpc) is 2.60. The second-order valence-corrected chi connectivity index (χ2v) is 7.41. The summed E-state index contributed by atoms with van der Waals surface area (Å²) >= 11 is 1.81. The third kappa shape index (κ3) is 9.39. The summed E-state index contributed by atoms with van der Waals surface area (Å²) in [5.41, 5.74) is 1.19. The highest BCUT2D eigenvalue weighted by atomic mass is 32.2. The van der Waals surface area contributed by atoms with E-state index >= 15 is 0 Å². The van der Waals surface area contributed by atoms with Gasteiger partial charge in [0.2, 0.25) is 0 Å². The van der Waals surface area contributed by atoms with Crippen LogP contribution in [-0.2, 0) is 16.0 Å². The van der Waals surface area contributed by atoms with E-state index in [4.69, 9.17) is 9.84 Å². The number of nitrogens with one attached hydrogen (secondary N) is 1. The second kappa shape index (κ2) is 12.6. The Morgan fingerprint density at radius 2 is 1.92 bits per heavy atom. The molecule has 0 bridgehead atoms. The molecule has 0 saturated heterocycles. The molecule has 2 atom stereocenters. The van der Waals surface area contributed by atoms with Crippen molar-refractivity contribution in [2.24, 2.45) is 0 Å². The Kier molecular flexibility index (Phi) is 10.8. The molecule has 0 aliphatic rings. The molecule has 1 rings (SSSR count). The highest BCUT2D eigenvalue weighted by Crippen LogP contribution is 2.23. The second-order valence-electron chi connectivity index (χ2n) is 6.00. The maximum atomic E-state index is 11.9. The van der Waals surface area contributed by atoms with E-state index in [2.05, 4.69) is 24.4 Å². The molecule has 0 radical (unpaired) electrons. The number of ether oxygens (including phenoxy) is 1. The van der Waals surface area contributed by atoms with Gasteiger partial charge in [0.15, 0.2) is 0 Å². The molecule has 1 aromatic carbocycles. The van der Waals surface area contributed by atoms with Crippen molar-refractivity contribution in [3.05, 3.63) is 35.9 Å². The third-order valence-electron chi connectivity index (χ3n) is 3.94. The number of benzene rings is 1. The first kappa shape index (κ1) is 21.4. The van der Waals surface area contributed by atoms with E-state index in [1.807, 2.05) is 30.0 Å². The minimum absolute atomic E-state index is 0.153. The zero-order chi connectivity index (χ0) is 18.5. The number of hydrogen-bond donors (Lipinski definition) is 2. The van der Waals surface area contributed by atoms with Crippen LogP contribution in [0.4, 0.5) is 4.79 Å². The fourth-order valence-corrected chi connectivity index (χ4v) is 3.98. The van der Waals surface area contributed by atoms with Gasteiger partial charge < -0.3 is 15.2 Å². The summed E-state index contributed by atoms with van der Waals surface area (Å²) < 4.78 is 4.75. The first-order chi connectivity index (χ1) is 12.1. The van der Waals surface area contributed by atoms with Crippen molar-refractivity contribution in [2.75, 3.05) is 12.9 Å². The molecule has 0 spiro atoms. The van der Waals surface area contributed by atoms with E-state index in [9.17, 15) is 9.59 Å². The SMILES string of the molecule is CCCCCCSC(Cc1ccccc1)CC(NC(=O)O)C(=O)OC. The lowest BCUT2D eigenvalue weighted by molar-refractivity contribution is -0.143. The van der Waals surface area contributed by atoms with Crippen LogP contribution in [0.15, 0.2) is 30.3 Å². The molecule has 1 amide bonds. The minimum atomic E-state index is -1.21. The number of amides is 1. The number of carbonyl (C=O) groups excluding carboxylic acids is 1. The van der Waals surface area contributed by atoms with Crippen LogP contribution in [0.25, 0.3) is 0 Å². The number of unbranched alkanes of at least 4 members (excludes halogenated alkanes) is 3. The highest BCUT2D eigenvalue weighted by Gasteiger charge is 2.25. The van der Waals surface area contributed by atoms with Crippen LogP contribution in [0.2, 0.25) is 0 Å². The summed E-state index contributed by atoms with van der Waals surface area (Å²) in [6.45, 7) is 2.18. The zero-order valence-corrected chi connectivity index (χ0v) is 15.9. The van der Waals surface area contributed by atoms with Crippen molar-refractivity contribution in [3.8, 4) is 0 Å². The van der Waals surface area contributed by atoms with Gasteiger partial charge in [0, 0.05) is 5.25 Å². The van der Waals surface area contributed by atoms with Crippen molar-refractivity contribution in [1.29, 1.82) is 0 Å². The lowest BCUT2D eigenvalue weighted by Gasteiger charge is -2.22. The van der Waals surface area contributed by atoms with Crippen LogP contribution in [-0.4, -0.2) is 41.3 Å². The van der Waals surface area contributed by atoms with Crippen LogP contribution in [0.5, 0.6) is 0 Å². The predicted octanol–water partition coefficient (Wildman–Crippen LogP) is 4.11. The number of methoxy groups -OCH3 is 1. The quantitative estimate of drug-likeness (QED) is 0.429. The summed E-state index contributed by atoms with van der Waals surface area (Å²) in [6.07, 6.45) is 4.79. The van der Waals surface area contributed by atoms with E-state index in [0.29, 0.717) is 6.42 Å². The molecule has 25 heavy (non-hydrogen) atoms. The van der Waals surface area contributed by atoms with Crippen LogP contribution in [0.1, 0.15) is 44.6 Å². The molecule has 140 valence electrons. The van der Waals surface area contributed by atoms with Crippen molar-refractivity contribution in [1.82, 2.24) is 5.32 Å². The Bertz CT molecular complexity index is 509. The van der Waals surface area contributed by atoms with Crippen molar-refractivity contribution >= 4 is 23.8 Å². The Balaban J connectivity index is 2.69. The van der Waals surface area contributed by atoms with Gasteiger partial charge in [-0.25, -0.2) is 9.59 Å². The predicted molar refractivity (Wildman–Crippen MR) is 102 cm³/mol. The van der Waals surface area contributed by atoms with Crippen LogP contribution < -0.4 is 5.32 Å². The summed E-state index contributed by atoms with van der Waals surface area (Å²) in [6, 6.07) is 9.24. The van der Waals surface area contributed by atoms with Crippen molar-refractivity contribution < 1.29 is 19.4 Å². The lowest BCUT2D eigenvalue weighted by atomic mass is 10.0. The van der Waals surface area contributed by atoms with Gasteiger partial charge in [-0.15, -0.1) is 0 Å². The van der Waals surface area contributed by atoms with Crippen LogP contribution >= 0.6 is 11.8 Å². The first-order valence-electron chi connectivity index (χ1n) is 8.79.